The van der Waals surface area contributed by atoms with Crippen LogP contribution in [0.15, 0.2) is 24.3 Å². The maximum Gasteiger partial charge on any atom is 0.178 e. The third kappa shape index (κ3) is 5.42. The summed E-state index contributed by atoms with van der Waals surface area (Å²) in [6.07, 6.45) is 1.08. The zero-order valence-electron chi connectivity index (χ0n) is 10.6. The third-order valence-corrected chi connectivity index (χ3v) is 5.58. The summed E-state index contributed by atoms with van der Waals surface area (Å²) in [5.74, 6) is -0.520. The number of benzene rings is 1. The quantitative estimate of drug-likeness (QED) is 0.748. The summed E-state index contributed by atoms with van der Waals surface area (Å²) in [5.41, 5.74) is 0.382. The van der Waals surface area contributed by atoms with Crippen molar-refractivity contribution >= 4 is 38.0 Å². The minimum atomic E-state index is -3.18. The molecule has 0 aliphatic carbocycles. The molecule has 106 valence electrons. The Bertz CT molecular complexity index is 596. The third-order valence-electron chi connectivity index (χ3n) is 2.53. The Kier molecular flexibility index (Phi) is 5.70. The maximum absolute atomic E-state index is 12.1. The lowest BCUT2D eigenvalue weighted by Gasteiger charge is -2.10. The van der Waals surface area contributed by atoms with Crippen LogP contribution in [0.5, 0.6) is 0 Å². The van der Waals surface area contributed by atoms with E-state index >= 15 is 0 Å². The first-order chi connectivity index (χ1) is 8.70. The van der Waals surface area contributed by atoms with Gasteiger partial charge < -0.3 is 0 Å². The molecule has 0 aromatic heterocycles. The van der Waals surface area contributed by atoms with Gasteiger partial charge in [-0.2, -0.15) is 0 Å². The van der Waals surface area contributed by atoms with E-state index in [0.29, 0.717) is 10.6 Å². The summed E-state index contributed by atoms with van der Waals surface area (Å²) < 4.78 is 33.9. The highest BCUT2D eigenvalue weighted by atomic mass is 35.5. The van der Waals surface area contributed by atoms with E-state index in [9.17, 15) is 17.4 Å². The Morgan fingerprint density at radius 3 is 2.58 bits per heavy atom. The van der Waals surface area contributed by atoms with Crippen molar-refractivity contribution in [1.82, 2.24) is 0 Å². The summed E-state index contributed by atoms with van der Waals surface area (Å²) in [7, 11) is -4.70. The second kappa shape index (κ2) is 6.63. The molecule has 7 heteroatoms. The van der Waals surface area contributed by atoms with Crippen LogP contribution in [0.3, 0.4) is 0 Å². The van der Waals surface area contributed by atoms with Crippen LogP contribution < -0.4 is 0 Å². The molecular formula is C12H15ClO4S2. The van der Waals surface area contributed by atoms with Gasteiger partial charge in [-0.1, -0.05) is 23.7 Å². The molecule has 0 aliphatic rings. The van der Waals surface area contributed by atoms with E-state index in [-0.39, 0.29) is 17.3 Å². The van der Waals surface area contributed by atoms with E-state index in [0.717, 1.165) is 6.26 Å². The number of ketones is 1. The van der Waals surface area contributed by atoms with Gasteiger partial charge in [0.15, 0.2) is 5.78 Å². The number of carbonyl (C=O) groups is 1. The Balaban J connectivity index is 2.74. The van der Waals surface area contributed by atoms with Crippen molar-refractivity contribution in [3.8, 4) is 0 Å². The number of sulfone groups is 1. The normalized spacial score (nSPS) is 14.9. The molecule has 0 aliphatic heterocycles. The van der Waals surface area contributed by atoms with Crippen LogP contribution in [-0.4, -0.2) is 41.4 Å². The summed E-state index contributed by atoms with van der Waals surface area (Å²) >= 11 is 5.79. The Morgan fingerprint density at radius 2 is 2.05 bits per heavy atom. The predicted molar refractivity (Wildman–Crippen MR) is 78.0 cm³/mol. The molecule has 0 bridgehead atoms. The second-order valence-corrected chi connectivity index (χ2v) is 8.80. The van der Waals surface area contributed by atoms with Gasteiger partial charge in [0.25, 0.3) is 0 Å². The molecule has 1 rings (SSSR count). The van der Waals surface area contributed by atoms with Crippen molar-refractivity contribution in [3.63, 3.8) is 0 Å². The highest BCUT2D eigenvalue weighted by Crippen LogP contribution is 2.14. The summed E-state index contributed by atoms with van der Waals surface area (Å²) in [5, 5.41) is -0.319. The predicted octanol–water partition coefficient (Wildman–Crippen LogP) is 1.70. The average molecular weight is 323 g/mol. The van der Waals surface area contributed by atoms with Gasteiger partial charge in [0.2, 0.25) is 0 Å². The molecule has 0 saturated heterocycles. The number of carbonyl (C=O) groups excluding carboxylic acids is 1. The number of Topliss-reactive ketones (excluding diaryl/α,β-unsaturated/α-hetero) is 1. The number of hydrogen-bond acceptors (Lipinski definition) is 4. The molecule has 0 radical (unpaired) electrons. The van der Waals surface area contributed by atoms with Crippen LogP contribution in [0.25, 0.3) is 0 Å². The van der Waals surface area contributed by atoms with Gasteiger partial charge in [0, 0.05) is 33.4 Å². The lowest BCUT2D eigenvalue weighted by Crippen LogP contribution is -2.27. The average Bonchev–Trinajstić information content (AvgIpc) is 2.33. The van der Waals surface area contributed by atoms with Gasteiger partial charge in [-0.3, -0.25) is 9.00 Å². The molecule has 4 nitrogen and oxygen atoms in total. The van der Waals surface area contributed by atoms with Crippen molar-refractivity contribution < 1.29 is 17.4 Å². The fourth-order valence-corrected chi connectivity index (χ4v) is 4.19. The molecule has 1 aromatic rings. The monoisotopic (exact) mass is 322 g/mol. The summed E-state index contributed by atoms with van der Waals surface area (Å²) in [4.78, 5) is 12.1. The van der Waals surface area contributed by atoms with Crippen molar-refractivity contribution in [2.24, 2.45) is 0 Å². The number of halogens is 1. The van der Waals surface area contributed by atoms with E-state index in [1.54, 1.807) is 18.2 Å². The van der Waals surface area contributed by atoms with Crippen LogP contribution in [0.1, 0.15) is 17.3 Å². The van der Waals surface area contributed by atoms with Gasteiger partial charge in [-0.15, -0.1) is 0 Å². The standard InChI is InChI=1S/C12H15ClO4S2/c1-9(18(15)6-7-19(2,16)17)12(14)10-4-3-5-11(13)8-10/h3-5,8-9H,6-7H2,1-2H3. The summed E-state index contributed by atoms with van der Waals surface area (Å²) in [6, 6.07) is 6.39. The minimum absolute atomic E-state index is 0.0354. The minimum Gasteiger partial charge on any atom is -0.293 e. The van der Waals surface area contributed by atoms with Crippen molar-refractivity contribution in [2.45, 2.75) is 12.2 Å². The molecule has 19 heavy (non-hydrogen) atoms. The smallest absolute Gasteiger partial charge is 0.178 e. The van der Waals surface area contributed by atoms with E-state index in [1.807, 2.05) is 0 Å². The van der Waals surface area contributed by atoms with Crippen LogP contribution in [0.2, 0.25) is 5.02 Å². The molecule has 2 unspecified atom stereocenters. The lowest BCUT2D eigenvalue weighted by molar-refractivity contribution is 0.0992. The second-order valence-electron chi connectivity index (χ2n) is 4.23. The van der Waals surface area contributed by atoms with Crippen LogP contribution in [-0.2, 0) is 20.6 Å². The van der Waals surface area contributed by atoms with Gasteiger partial charge >= 0.3 is 0 Å². The largest absolute Gasteiger partial charge is 0.293 e. The number of hydrogen-bond donors (Lipinski definition) is 0. The molecule has 0 fully saturated rings. The molecule has 0 saturated carbocycles. The topological polar surface area (TPSA) is 68.3 Å². The Morgan fingerprint density at radius 1 is 1.42 bits per heavy atom. The van der Waals surface area contributed by atoms with Crippen molar-refractivity contribution in [3.05, 3.63) is 34.9 Å². The maximum atomic E-state index is 12.1. The SMILES string of the molecule is CC(C(=O)c1cccc(Cl)c1)S(=O)CCS(C)(=O)=O. The molecule has 0 amide bonds. The zero-order valence-corrected chi connectivity index (χ0v) is 13.0. The van der Waals surface area contributed by atoms with Crippen LogP contribution in [0.4, 0.5) is 0 Å². The highest BCUT2D eigenvalue weighted by molar-refractivity contribution is 7.92. The van der Waals surface area contributed by atoms with Gasteiger partial charge in [-0.05, 0) is 19.1 Å². The fraction of sp³-hybridized carbons (Fsp3) is 0.417. The van der Waals surface area contributed by atoms with Crippen molar-refractivity contribution in [2.75, 3.05) is 17.8 Å². The molecule has 0 N–H and O–H groups in total. The lowest BCUT2D eigenvalue weighted by atomic mass is 10.1. The molecule has 2 atom stereocenters. The first-order valence-corrected chi connectivity index (χ1v) is 9.37. The van der Waals surface area contributed by atoms with E-state index in [4.69, 9.17) is 11.6 Å². The fourth-order valence-electron chi connectivity index (χ4n) is 1.41. The van der Waals surface area contributed by atoms with Gasteiger partial charge in [0.1, 0.15) is 9.84 Å². The Hall–Kier alpha value is -0.720. The summed E-state index contributed by atoms with van der Waals surface area (Å²) in [6.45, 7) is 1.53. The molecule has 0 spiro atoms. The first kappa shape index (κ1) is 16.3. The van der Waals surface area contributed by atoms with Crippen LogP contribution in [0, 0.1) is 0 Å². The van der Waals surface area contributed by atoms with Gasteiger partial charge in [0.05, 0.1) is 11.0 Å². The number of rotatable bonds is 6. The highest BCUT2D eigenvalue weighted by Gasteiger charge is 2.22. The van der Waals surface area contributed by atoms with E-state index < -0.39 is 25.9 Å². The van der Waals surface area contributed by atoms with Crippen molar-refractivity contribution in [1.29, 1.82) is 0 Å². The molecule has 0 heterocycles. The van der Waals surface area contributed by atoms with E-state index in [2.05, 4.69) is 0 Å². The zero-order chi connectivity index (χ0) is 14.6. The van der Waals surface area contributed by atoms with E-state index in [1.165, 1.54) is 13.0 Å². The first-order valence-electron chi connectivity index (χ1n) is 5.55. The van der Waals surface area contributed by atoms with Crippen LogP contribution >= 0.6 is 11.6 Å². The molecular weight excluding hydrogens is 308 g/mol. The van der Waals surface area contributed by atoms with Gasteiger partial charge in [-0.25, -0.2) is 8.42 Å². The Labute approximate surface area is 120 Å². The molecule has 1 aromatic carbocycles.